The summed E-state index contributed by atoms with van der Waals surface area (Å²) in [7, 11) is 0. The highest BCUT2D eigenvalue weighted by Crippen LogP contribution is 2.23. The number of hydrogen-bond donors (Lipinski definition) is 1. The zero-order valence-electron chi connectivity index (χ0n) is 11.1. The van der Waals surface area contributed by atoms with E-state index in [4.69, 9.17) is 0 Å². The predicted octanol–water partition coefficient (Wildman–Crippen LogP) is 1.33. The number of amides is 1. The second kappa shape index (κ2) is 6.79. The van der Waals surface area contributed by atoms with Crippen LogP contribution in [0.4, 0.5) is 11.4 Å². The van der Waals surface area contributed by atoms with Gasteiger partial charge < -0.3 is 5.32 Å². The number of anilines is 1. The Labute approximate surface area is 123 Å². The average Bonchev–Trinajstić information content (AvgIpc) is 2.93. The van der Waals surface area contributed by atoms with Crippen molar-refractivity contribution in [1.29, 1.82) is 0 Å². The third-order valence-electron chi connectivity index (χ3n) is 2.51. The molecule has 0 radical (unpaired) electrons. The molecule has 0 fully saturated rings. The van der Waals surface area contributed by atoms with E-state index >= 15 is 0 Å². The molecule has 10 heteroatoms. The summed E-state index contributed by atoms with van der Waals surface area (Å²) in [5.41, 5.74) is 0.0254. The van der Waals surface area contributed by atoms with E-state index in [1.807, 2.05) is 6.92 Å². The molecular formula is C11H12N6O3S. The van der Waals surface area contributed by atoms with Crippen LogP contribution in [0, 0.1) is 10.1 Å². The van der Waals surface area contributed by atoms with Gasteiger partial charge in [0.2, 0.25) is 11.1 Å². The Kier molecular flexibility index (Phi) is 4.82. The van der Waals surface area contributed by atoms with E-state index in [0.717, 1.165) is 11.8 Å². The lowest BCUT2D eigenvalue weighted by Crippen LogP contribution is -2.15. The van der Waals surface area contributed by atoms with Crippen LogP contribution in [0.1, 0.15) is 6.92 Å². The number of para-hydroxylation sites is 2. The van der Waals surface area contributed by atoms with Crippen molar-refractivity contribution in [2.75, 3.05) is 11.1 Å². The predicted molar refractivity (Wildman–Crippen MR) is 75.9 cm³/mol. The Morgan fingerprint density at radius 2 is 2.24 bits per heavy atom. The molecule has 2 rings (SSSR count). The number of aryl methyl sites for hydroxylation is 1. The van der Waals surface area contributed by atoms with Gasteiger partial charge in [0.05, 0.1) is 10.7 Å². The summed E-state index contributed by atoms with van der Waals surface area (Å²) in [5.74, 6) is -0.299. The first-order chi connectivity index (χ1) is 10.1. The zero-order chi connectivity index (χ0) is 15.2. The van der Waals surface area contributed by atoms with E-state index in [2.05, 4.69) is 20.8 Å². The van der Waals surface area contributed by atoms with Crippen LogP contribution in [0.2, 0.25) is 0 Å². The van der Waals surface area contributed by atoms with Crippen LogP contribution >= 0.6 is 11.8 Å². The molecular weight excluding hydrogens is 296 g/mol. The summed E-state index contributed by atoms with van der Waals surface area (Å²) in [4.78, 5) is 22.2. The number of carbonyl (C=O) groups excluding carboxylic acids is 1. The second-order valence-corrected chi connectivity index (χ2v) is 4.83. The van der Waals surface area contributed by atoms with Crippen LogP contribution in [0.3, 0.4) is 0 Å². The fourth-order valence-electron chi connectivity index (χ4n) is 1.55. The summed E-state index contributed by atoms with van der Waals surface area (Å²) in [5, 5.41) is 24.9. The molecule has 21 heavy (non-hydrogen) atoms. The third-order valence-corrected chi connectivity index (χ3v) is 3.46. The summed E-state index contributed by atoms with van der Waals surface area (Å²) in [6, 6.07) is 5.97. The first-order valence-corrected chi connectivity index (χ1v) is 7.02. The first kappa shape index (κ1) is 14.9. The Morgan fingerprint density at radius 1 is 1.48 bits per heavy atom. The molecule has 0 aliphatic carbocycles. The lowest BCUT2D eigenvalue weighted by Gasteiger charge is -2.05. The molecule has 1 aromatic heterocycles. The Balaban J connectivity index is 1.98. The van der Waals surface area contributed by atoms with E-state index in [1.165, 1.54) is 18.2 Å². The van der Waals surface area contributed by atoms with Gasteiger partial charge in [0.25, 0.3) is 5.69 Å². The molecule has 1 amide bonds. The molecule has 0 aliphatic heterocycles. The van der Waals surface area contributed by atoms with E-state index < -0.39 is 4.92 Å². The molecule has 0 aliphatic rings. The number of nitrogens with zero attached hydrogens (tertiary/aromatic N) is 5. The van der Waals surface area contributed by atoms with Crippen molar-refractivity contribution in [3.05, 3.63) is 34.4 Å². The van der Waals surface area contributed by atoms with Gasteiger partial charge in [0, 0.05) is 12.6 Å². The SMILES string of the molecule is CCn1nnnc1SCC(=O)Nc1ccccc1[N+](=O)[O-]. The summed E-state index contributed by atoms with van der Waals surface area (Å²) in [6.07, 6.45) is 0. The normalized spacial score (nSPS) is 10.3. The monoisotopic (exact) mass is 308 g/mol. The molecule has 0 saturated carbocycles. The molecule has 9 nitrogen and oxygen atoms in total. The van der Waals surface area contributed by atoms with Gasteiger partial charge in [-0.1, -0.05) is 23.9 Å². The number of nitro groups is 1. The van der Waals surface area contributed by atoms with Crippen LogP contribution in [0.5, 0.6) is 0 Å². The molecule has 0 saturated heterocycles. The summed E-state index contributed by atoms with van der Waals surface area (Å²) < 4.78 is 1.56. The van der Waals surface area contributed by atoms with E-state index in [1.54, 1.807) is 10.7 Å². The van der Waals surface area contributed by atoms with E-state index in [-0.39, 0.29) is 23.0 Å². The first-order valence-electron chi connectivity index (χ1n) is 6.04. The second-order valence-electron chi connectivity index (χ2n) is 3.89. The van der Waals surface area contributed by atoms with Crippen LogP contribution in [0.25, 0.3) is 0 Å². The van der Waals surface area contributed by atoms with Crippen molar-refractivity contribution in [3.63, 3.8) is 0 Å². The van der Waals surface area contributed by atoms with Gasteiger partial charge in [-0.3, -0.25) is 14.9 Å². The highest BCUT2D eigenvalue weighted by atomic mass is 32.2. The number of benzene rings is 1. The van der Waals surface area contributed by atoms with Gasteiger partial charge in [0.15, 0.2) is 0 Å². The summed E-state index contributed by atoms with van der Waals surface area (Å²) >= 11 is 1.16. The van der Waals surface area contributed by atoms with Crippen LogP contribution < -0.4 is 5.32 Å². The lowest BCUT2D eigenvalue weighted by atomic mass is 10.2. The Morgan fingerprint density at radius 3 is 2.95 bits per heavy atom. The van der Waals surface area contributed by atoms with Crippen molar-refractivity contribution in [3.8, 4) is 0 Å². The van der Waals surface area contributed by atoms with Gasteiger partial charge in [-0.25, -0.2) is 4.68 Å². The fraction of sp³-hybridized carbons (Fsp3) is 0.273. The molecule has 0 unspecified atom stereocenters. The van der Waals surface area contributed by atoms with Gasteiger partial charge in [-0.15, -0.1) is 5.10 Å². The number of tetrazole rings is 1. The molecule has 1 heterocycles. The topological polar surface area (TPSA) is 116 Å². The standard InChI is InChI=1S/C11H12N6O3S/c1-2-16-11(13-14-15-16)21-7-10(18)12-8-5-3-4-6-9(8)17(19)20/h3-6H,2,7H2,1H3,(H,12,18). The van der Waals surface area contributed by atoms with Crippen molar-refractivity contribution in [2.45, 2.75) is 18.6 Å². The maximum Gasteiger partial charge on any atom is 0.292 e. The van der Waals surface area contributed by atoms with Crippen LogP contribution in [-0.4, -0.2) is 36.8 Å². The van der Waals surface area contributed by atoms with Crippen molar-refractivity contribution in [2.24, 2.45) is 0 Å². The minimum atomic E-state index is -0.541. The lowest BCUT2D eigenvalue weighted by molar-refractivity contribution is -0.383. The number of hydrogen-bond acceptors (Lipinski definition) is 7. The minimum Gasteiger partial charge on any atom is -0.320 e. The van der Waals surface area contributed by atoms with Crippen molar-refractivity contribution < 1.29 is 9.72 Å². The Hall–Kier alpha value is -2.49. The number of thioether (sulfide) groups is 1. The van der Waals surface area contributed by atoms with Gasteiger partial charge >= 0.3 is 0 Å². The van der Waals surface area contributed by atoms with Crippen LogP contribution in [-0.2, 0) is 11.3 Å². The van der Waals surface area contributed by atoms with Gasteiger partial charge in [-0.2, -0.15) is 0 Å². The zero-order valence-corrected chi connectivity index (χ0v) is 11.9. The molecule has 0 spiro atoms. The van der Waals surface area contributed by atoms with Crippen LogP contribution in [0.15, 0.2) is 29.4 Å². The van der Waals surface area contributed by atoms with Crippen molar-refractivity contribution in [1.82, 2.24) is 20.2 Å². The minimum absolute atomic E-state index is 0.0619. The molecule has 1 N–H and O–H groups in total. The maximum absolute atomic E-state index is 11.8. The van der Waals surface area contributed by atoms with E-state index in [9.17, 15) is 14.9 Å². The van der Waals surface area contributed by atoms with E-state index in [0.29, 0.717) is 11.7 Å². The van der Waals surface area contributed by atoms with Gasteiger partial charge in [-0.05, 0) is 23.4 Å². The highest BCUT2D eigenvalue weighted by molar-refractivity contribution is 7.99. The number of carbonyl (C=O) groups is 1. The number of nitro benzene ring substituents is 1. The van der Waals surface area contributed by atoms with Crippen molar-refractivity contribution >= 4 is 29.0 Å². The quantitative estimate of drug-likeness (QED) is 0.486. The molecule has 1 aromatic carbocycles. The number of nitrogens with one attached hydrogen (secondary N) is 1. The maximum atomic E-state index is 11.8. The number of aromatic nitrogens is 4. The number of rotatable bonds is 6. The summed E-state index contributed by atoms with van der Waals surface area (Å²) in [6.45, 7) is 2.48. The van der Waals surface area contributed by atoms with Gasteiger partial charge in [0.1, 0.15) is 5.69 Å². The molecule has 0 atom stereocenters. The smallest absolute Gasteiger partial charge is 0.292 e. The molecule has 2 aromatic rings. The fourth-order valence-corrected chi connectivity index (χ4v) is 2.29. The average molecular weight is 308 g/mol. The largest absolute Gasteiger partial charge is 0.320 e. The highest BCUT2D eigenvalue weighted by Gasteiger charge is 2.15. The third kappa shape index (κ3) is 3.75. The molecule has 110 valence electrons. The Bertz CT molecular complexity index is 659. The molecule has 0 bridgehead atoms.